The van der Waals surface area contributed by atoms with Gasteiger partial charge in [0, 0.05) is 10.8 Å². The Balaban J connectivity index is 2.11. The summed E-state index contributed by atoms with van der Waals surface area (Å²) >= 11 is 9.26. The van der Waals surface area contributed by atoms with Gasteiger partial charge in [0.1, 0.15) is 0 Å². The number of thiazole rings is 1. The summed E-state index contributed by atoms with van der Waals surface area (Å²) < 4.78 is 1.10. The maximum atomic E-state index is 8.77. The van der Waals surface area contributed by atoms with Crippen LogP contribution in [0.15, 0.2) is 22.4 Å². The van der Waals surface area contributed by atoms with Gasteiger partial charge in [-0.05, 0) is 24.6 Å². The van der Waals surface area contributed by atoms with E-state index in [0.29, 0.717) is 15.7 Å². The highest BCUT2D eigenvalue weighted by Crippen LogP contribution is 2.34. The third kappa shape index (κ3) is 2.96. The van der Waals surface area contributed by atoms with E-state index in [-0.39, 0.29) is 0 Å². The number of aryl methyl sites for hydroxylation is 1. The van der Waals surface area contributed by atoms with Crippen molar-refractivity contribution in [2.24, 2.45) is 0 Å². The fourth-order valence-corrected chi connectivity index (χ4v) is 3.77. The van der Waals surface area contributed by atoms with Crippen molar-refractivity contribution in [1.82, 2.24) is 4.98 Å². The molecule has 0 saturated carbocycles. The highest BCUT2D eigenvalue weighted by atomic mass is 35.5. The fraction of sp³-hybridized carbons (Fsp3) is 0.167. The van der Waals surface area contributed by atoms with Gasteiger partial charge in [0.2, 0.25) is 0 Å². The monoisotopic (exact) mass is 295 g/mol. The second kappa shape index (κ2) is 5.61. The van der Waals surface area contributed by atoms with Gasteiger partial charge in [-0.2, -0.15) is 5.26 Å². The Morgan fingerprint density at radius 2 is 2.33 bits per heavy atom. The van der Waals surface area contributed by atoms with E-state index in [0.717, 1.165) is 21.2 Å². The summed E-state index contributed by atoms with van der Waals surface area (Å²) in [6, 6.07) is 7.41. The van der Waals surface area contributed by atoms with Gasteiger partial charge in [0.25, 0.3) is 0 Å². The van der Waals surface area contributed by atoms with Crippen LogP contribution in [0.1, 0.15) is 16.8 Å². The van der Waals surface area contributed by atoms with E-state index < -0.39 is 0 Å². The number of nitrogen functional groups attached to an aromatic ring is 1. The largest absolute Gasteiger partial charge is 0.375 e. The zero-order valence-electron chi connectivity index (χ0n) is 9.61. The van der Waals surface area contributed by atoms with E-state index in [1.807, 2.05) is 13.0 Å². The summed E-state index contributed by atoms with van der Waals surface area (Å²) in [5, 5.41) is 9.97. The van der Waals surface area contributed by atoms with Crippen molar-refractivity contribution in [1.29, 1.82) is 5.26 Å². The highest BCUT2D eigenvalue weighted by molar-refractivity contribution is 8.00. The molecule has 18 heavy (non-hydrogen) atoms. The van der Waals surface area contributed by atoms with E-state index in [4.69, 9.17) is 22.6 Å². The SMILES string of the molecule is Cc1nc(N)sc1SCc1ccc(C#N)cc1Cl. The minimum Gasteiger partial charge on any atom is -0.375 e. The quantitative estimate of drug-likeness (QED) is 0.874. The van der Waals surface area contributed by atoms with Crippen molar-refractivity contribution in [3.63, 3.8) is 0 Å². The number of rotatable bonds is 3. The zero-order chi connectivity index (χ0) is 13.1. The van der Waals surface area contributed by atoms with Crippen LogP contribution in [0.4, 0.5) is 5.13 Å². The van der Waals surface area contributed by atoms with Crippen molar-refractivity contribution in [3.05, 3.63) is 40.0 Å². The molecule has 0 spiro atoms. The topological polar surface area (TPSA) is 62.7 Å². The van der Waals surface area contributed by atoms with Gasteiger partial charge in [0.15, 0.2) is 5.13 Å². The Morgan fingerprint density at radius 1 is 1.56 bits per heavy atom. The first kappa shape index (κ1) is 13.2. The summed E-state index contributed by atoms with van der Waals surface area (Å²) in [4.78, 5) is 4.17. The van der Waals surface area contributed by atoms with E-state index in [2.05, 4.69) is 11.1 Å². The molecule has 3 nitrogen and oxygen atoms in total. The number of hydrogen-bond donors (Lipinski definition) is 1. The molecule has 1 aromatic carbocycles. The third-order valence-electron chi connectivity index (χ3n) is 2.31. The van der Waals surface area contributed by atoms with Crippen molar-refractivity contribution < 1.29 is 0 Å². The summed E-state index contributed by atoms with van der Waals surface area (Å²) in [5.74, 6) is 0.743. The molecule has 0 atom stereocenters. The average molecular weight is 296 g/mol. The summed E-state index contributed by atoms with van der Waals surface area (Å²) in [6.45, 7) is 1.94. The van der Waals surface area contributed by atoms with Crippen LogP contribution < -0.4 is 5.73 Å². The van der Waals surface area contributed by atoms with Crippen molar-refractivity contribution in [3.8, 4) is 6.07 Å². The predicted octanol–water partition coefficient (Wildman–Crippen LogP) is 3.85. The molecule has 2 N–H and O–H groups in total. The number of aromatic nitrogens is 1. The van der Waals surface area contributed by atoms with Gasteiger partial charge in [-0.3, -0.25) is 0 Å². The molecule has 1 aromatic heterocycles. The van der Waals surface area contributed by atoms with Gasteiger partial charge in [-0.1, -0.05) is 29.0 Å². The Hall–Kier alpha value is -1.22. The molecule has 0 aliphatic rings. The van der Waals surface area contributed by atoms with Crippen LogP contribution in [0, 0.1) is 18.3 Å². The third-order valence-corrected chi connectivity index (χ3v) is 5.06. The smallest absolute Gasteiger partial charge is 0.181 e. The molecule has 0 amide bonds. The molecule has 92 valence electrons. The first-order chi connectivity index (χ1) is 8.60. The molecule has 6 heteroatoms. The first-order valence-corrected chi connectivity index (χ1v) is 7.32. The van der Waals surface area contributed by atoms with Gasteiger partial charge >= 0.3 is 0 Å². The van der Waals surface area contributed by atoms with Crippen LogP contribution in [0.3, 0.4) is 0 Å². The van der Waals surface area contributed by atoms with Gasteiger partial charge < -0.3 is 5.73 Å². The number of halogens is 1. The standard InChI is InChI=1S/C12H10ClN3S2/c1-7-11(18-12(15)16-7)17-6-9-3-2-8(5-14)4-10(9)13/h2-4H,6H2,1H3,(H2,15,16). The molecule has 0 unspecified atom stereocenters. The molecule has 1 heterocycles. The summed E-state index contributed by atoms with van der Waals surface area (Å²) in [6.07, 6.45) is 0. The Bertz CT molecular complexity index is 616. The lowest BCUT2D eigenvalue weighted by Crippen LogP contribution is -1.84. The highest BCUT2D eigenvalue weighted by Gasteiger charge is 2.08. The normalized spacial score (nSPS) is 10.3. The number of nitriles is 1. The van der Waals surface area contributed by atoms with E-state index in [9.17, 15) is 0 Å². The van der Waals surface area contributed by atoms with Crippen LogP contribution in [0.2, 0.25) is 5.02 Å². The molecule has 2 rings (SSSR count). The average Bonchev–Trinajstić information content (AvgIpc) is 2.66. The van der Waals surface area contributed by atoms with E-state index in [1.54, 1.807) is 23.9 Å². The van der Waals surface area contributed by atoms with E-state index in [1.165, 1.54) is 11.3 Å². The number of benzene rings is 1. The number of hydrogen-bond acceptors (Lipinski definition) is 5. The Labute approximate surface area is 119 Å². The first-order valence-electron chi connectivity index (χ1n) is 5.14. The summed E-state index contributed by atoms with van der Waals surface area (Å²) in [7, 11) is 0. The van der Waals surface area contributed by atoms with Crippen LogP contribution in [0.25, 0.3) is 0 Å². The zero-order valence-corrected chi connectivity index (χ0v) is 12.0. The number of anilines is 1. The van der Waals surface area contributed by atoms with Gasteiger partial charge in [0.05, 0.1) is 21.5 Å². The van der Waals surface area contributed by atoms with Crippen LogP contribution in [0.5, 0.6) is 0 Å². The lowest BCUT2D eigenvalue weighted by Gasteiger charge is -2.03. The molecule has 0 aliphatic heterocycles. The number of thioether (sulfide) groups is 1. The lowest BCUT2D eigenvalue weighted by molar-refractivity contribution is 1.21. The molecule has 0 bridgehead atoms. The van der Waals surface area contributed by atoms with Crippen LogP contribution in [-0.2, 0) is 5.75 Å². The number of nitrogens with two attached hydrogens (primary N) is 1. The van der Waals surface area contributed by atoms with Crippen LogP contribution >= 0.6 is 34.7 Å². The van der Waals surface area contributed by atoms with Crippen molar-refractivity contribution >= 4 is 39.8 Å². The van der Waals surface area contributed by atoms with Crippen molar-refractivity contribution in [2.75, 3.05) is 5.73 Å². The molecular weight excluding hydrogens is 286 g/mol. The van der Waals surface area contributed by atoms with Crippen LogP contribution in [-0.4, -0.2) is 4.98 Å². The fourth-order valence-electron chi connectivity index (χ4n) is 1.41. The van der Waals surface area contributed by atoms with Gasteiger partial charge in [-0.25, -0.2) is 4.98 Å². The molecule has 0 fully saturated rings. The summed E-state index contributed by atoms with van der Waals surface area (Å²) in [5.41, 5.74) is 8.18. The minimum atomic E-state index is 0.576. The molecule has 0 saturated heterocycles. The number of nitrogens with zero attached hydrogens (tertiary/aromatic N) is 2. The maximum Gasteiger partial charge on any atom is 0.181 e. The minimum absolute atomic E-state index is 0.576. The molecular formula is C12H10ClN3S2. The molecule has 0 radical (unpaired) electrons. The molecule has 0 aliphatic carbocycles. The van der Waals surface area contributed by atoms with Gasteiger partial charge in [-0.15, -0.1) is 11.8 Å². The Morgan fingerprint density at radius 3 is 2.89 bits per heavy atom. The molecule has 2 aromatic rings. The van der Waals surface area contributed by atoms with E-state index >= 15 is 0 Å². The predicted molar refractivity (Wildman–Crippen MR) is 77.0 cm³/mol. The second-order valence-electron chi connectivity index (χ2n) is 3.63. The maximum absolute atomic E-state index is 8.77. The lowest BCUT2D eigenvalue weighted by atomic mass is 10.2. The van der Waals surface area contributed by atoms with Crippen molar-refractivity contribution in [2.45, 2.75) is 16.9 Å². The second-order valence-corrected chi connectivity index (χ2v) is 6.31. The Kier molecular flexibility index (Phi) is 4.12.